The van der Waals surface area contributed by atoms with Crippen molar-refractivity contribution in [3.05, 3.63) is 59.7 Å². The average Bonchev–Trinajstić information content (AvgIpc) is 2.68. The highest BCUT2D eigenvalue weighted by molar-refractivity contribution is 7.80. The maximum absolute atomic E-state index is 9.71. The molecular formula is C22H29NO3S. The minimum absolute atomic E-state index is 0.0755. The molecule has 0 aliphatic carbocycles. The lowest BCUT2D eigenvalue weighted by Crippen LogP contribution is -2.30. The highest BCUT2D eigenvalue weighted by Gasteiger charge is 2.12. The molecule has 0 spiro atoms. The molecule has 0 aliphatic rings. The van der Waals surface area contributed by atoms with Crippen LogP contribution < -0.4 is 10.1 Å². The molecule has 0 aliphatic heterocycles. The summed E-state index contributed by atoms with van der Waals surface area (Å²) in [5, 5.41) is 13.4. The van der Waals surface area contributed by atoms with Crippen LogP contribution in [0.1, 0.15) is 37.3 Å². The van der Waals surface area contributed by atoms with Gasteiger partial charge in [-0.05, 0) is 61.2 Å². The van der Waals surface area contributed by atoms with E-state index in [2.05, 4.69) is 24.4 Å². The zero-order chi connectivity index (χ0) is 19.5. The van der Waals surface area contributed by atoms with Crippen molar-refractivity contribution < 1.29 is 14.6 Å². The molecule has 146 valence electrons. The molecule has 0 radical (unpaired) electrons. The lowest BCUT2D eigenvalue weighted by Gasteiger charge is -2.20. The molecule has 4 nitrogen and oxygen atoms in total. The number of hydrogen-bond donors (Lipinski definition) is 2. The lowest BCUT2D eigenvalue weighted by molar-refractivity contribution is 0.164. The second kappa shape index (κ2) is 11.4. The minimum Gasteiger partial charge on any atom is -0.504 e. The van der Waals surface area contributed by atoms with E-state index in [0.29, 0.717) is 10.9 Å². The van der Waals surface area contributed by atoms with Crippen molar-refractivity contribution in [2.75, 3.05) is 13.7 Å². The van der Waals surface area contributed by atoms with E-state index in [4.69, 9.17) is 21.7 Å². The summed E-state index contributed by atoms with van der Waals surface area (Å²) in [5.74, 6) is 0.657. The second-order valence-corrected chi connectivity index (χ2v) is 6.89. The Labute approximate surface area is 167 Å². The first-order valence-electron chi connectivity index (χ1n) is 9.46. The van der Waals surface area contributed by atoms with Gasteiger partial charge in [-0.1, -0.05) is 49.7 Å². The van der Waals surface area contributed by atoms with Crippen molar-refractivity contribution in [3.63, 3.8) is 0 Å². The van der Waals surface area contributed by atoms with Crippen molar-refractivity contribution in [2.45, 2.75) is 45.1 Å². The van der Waals surface area contributed by atoms with E-state index in [1.807, 2.05) is 30.3 Å². The minimum atomic E-state index is 0.0755. The first kappa shape index (κ1) is 21.0. The predicted octanol–water partition coefficient (Wildman–Crippen LogP) is 4.64. The van der Waals surface area contributed by atoms with Crippen LogP contribution in [0.2, 0.25) is 0 Å². The van der Waals surface area contributed by atoms with E-state index in [1.165, 1.54) is 5.56 Å². The molecule has 1 unspecified atom stereocenters. The molecule has 0 aromatic heterocycles. The van der Waals surface area contributed by atoms with Gasteiger partial charge in [-0.25, -0.2) is 0 Å². The highest BCUT2D eigenvalue weighted by atomic mass is 32.1. The van der Waals surface area contributed by atoms with Crippen LogP contribution in [0.5, 0.6) is 11.5 Å². The van der Waals surface area contributed by atoms with E-state index in [1.54, 1.807) is 13.2 Å². The van der Waals surface area contributed by atoms with Gasteiger partial charge in [-0.3, -0.25) is 0 Å². The van der Waals surface area contributed by atoms with Gasteiger partial charge in [0.2, 0.25) is 0 Å². The molecule has 5 heteroatoms. The molecule has 27 heavy (non-hydrogen) atoms. The predicted molar refractivity (Wildman–Crippen MR) is 114 cm³/mol. The topological polar surface area (TPSA) is 50.7 Å². The van der Waals surface area contributed by atoms with Gasteiger partial charge in [0.1, 0.15) is 6.10 Å². The number of ether oxygens (including phenoxy) is 2. The first-order chi connectivity index (χ1) is 13.1. The summed E-state index contributed by atoms with van der Waals surface area (Å²) in [6, 6.07) is 15.8. The number of aryl methyl sites for hydroxylation is 1. The number of benzene rings is 2. The van der Waals surface area contributed by atoms with Crippen molar-refractivity contribution in [2.24, 2.45) is 0 Å². The molecule has 0 heterocycles. The van der Waals surface area contributed by atoms with E-state index < -0.39 is 0 Å². The van der Waals surface area contributed by atoms with Gasteiger partial charge in [0, 0.05) is 6.54 Å². The van der Waals surface area contributed by atoms with Crippen LogP contribution in [0.25, 0.3) is 0 Å². The molecule has 2 aromatic carbocycles. The zero-order valence-electron chi connectivity index (χ0n) is 16.1. The summed E-state index contributed by atoms with van der Waals surface area (Å²) in [5.41, 5.74) is 2.39. The number of aromatic hydroxyl groups is 1. The molecule has 0 fully saturated rings. The third-order valence-electron chi connectivity index (χ3n) is 4.41. The maximum atomic E-state index is 9.71. The maximum Gasteiger partial charge on any atom is 0.256 e. The molecular weight excluding hydrogens is 358 g/mol. The molecule has 0 saturated heterocycles. The Morgan fingerprint density at radius 1 is 1.07 bits per heavy atom. The summed E-state index contributed by atoms with van der Waals surface area (Å²) in [4.78, 5) is 0. The van der Waals surface area contributed by atoms with Crippen molar-refractivity contribution in [3.8, 4) is 11.5 Å². The first-order valence-corrected chi connectivity index (χ1v) is 9.87. The van der Waals surface area contributed by atoms with Crippen LogP contribution in [0.3, 0.4) is 0 Å². The van der Waals surface area contributed by atoms with Gasteiger partial charge in [0.05, 0.1) is 7.11 Å². The summed E-state index contributed by atoms with van der Waals surface area (Å²) in [6.07, 6.45) is 4.68. The Balaban J connectivity index is 1.79. The number of phenolic OH excluding ortho intramolecular Hbond substituents is 1. The lowest BCUT2D eigenvalue weighted by atomic mass is 10.0. The van der Waals surface area contributed by atoms with Crippen LogP contribution in [0.4, 0.5) is 0 Å². The van der Waals surface area contributed by atoms with Crippen LogP contribution in [-0.4, -0.2) is 30.0 Å². The van der Waals surface area contributed by atoms with Crippen LogP contribution in [0, 0.1) is 0 Å². The monoisotopic (exact) mass is 387 g/mol. The van der Waals surface area contributed by atoms with Crippen LogP contribution in [0.15, 0.2) is 48.5 Å². The fourth-order valence-electron chi connectivity index (χ4n) is 2.94. The molecule has 1 atom stereocenters. The summed E-state index contributed by atoms with van der Waals surface area (Å²) >= 11 is 5.36. The van der Waals surface area contributed by atoms with Crippen LogP contribution >= 0.6 is 12.2 Å². The number of methoxy groups -OCH3 is 1. The fourth-order valence-corrected chi connectivity index (χ4v) is 3.17. The van der Waals surface area contributed by atoms with Gasteiger partial charge in [0.15, 0.2) is 11.5 Å². The quantitative estimate of drug-likeness (QED) is 0.582. The second-order valence-electron chi connectivity index (χ2n) is 6.52. The Hall–Kier alpha value is -2.27. The Morgan fingerprint density at radius 3 is 2.56 bits per heavy atom. The molecule has 0 bridgehead atoms. The van der Waals surface area contributed by atoms with Crippen molar-refractivity contribution in [1.82, 2.24) is 5.32 Å². The van der Waals surface area contributed by atoms with Gasteiger partial charge >= 0.3 is 0 Å². The largest absolute Gasteiger partial charge is 0.504 e. The summed E-state index contributed by atoms with van der Waals surface area (Å²) in [6.45, 7) is 2.91. The number of hydrogen-bond acceptors (Lipinski definition) is 4. The Kier molecular flexibility index (Phi) is 8.92. The molecule has 0 saturated carbocycles. The normalized spacial score (nSPS) is 11.6. The number of nitrogens with one attached hydrogen (secondary N) is 1. The fraction of sp³-hybridized carbons (Fsp3) is 0.409. The molecule has 0 amide bonds. The molecule has 2 rings (SSSR count). The van der Waals surface area contributed by atoms with Gasteiger partial charge in [0.25, 0.3) is 5.17 Å². The SMILES string of the molecule is CCCC(CCc1ccc(O)c(OC)c1)OC(=S)NCCc1ccccc1. The smallest absolute Gasteiger partial charge is 0.256 e. The summed E-state index contributed by atoms with van der Waals surface area (Å²) in [7, 11) is 1.56. The van der Waals surface area contributed by atoms with E-state index in [-0.39, 0.29) is 11.9 Å². The van der Waals surface area contributed by atoms with E-state index >= 15 is 0 Å². The highest BCUT2D eigenvalue weighted by Crippen LogP contribution is 2.27. The molecule has 2 aromatic rings. The zero-order valence-corrected chi connectivity index (χ0v) is 16.9. The van der Waals surface area contributed by atoms with E-state index in [0.717, 1.165) is 44.2 Å². The number of thiocarbonyl (C=S) groups is 1. The summed E-state index contributed by atoms with van der Waals surface area (Å²) < 4.78 is 11.1. The van der Waals surface area contributed by atoms with E-state index in [9.17, 15) is 5.11 Å². The standard InChI is InChI=1S/C22H29NO3S/c1-3-7-19(12-10-18-11-13-20(24)21(16-18)25-2)26-22(27)23-15-14-17-8-5-4-6-9-17/h4-6,8-9,11,13,16,19,24H,3,7,10,12,14-15H2,1-2H3,(H,23,27). The average molecular weight is 388 g/mol. The molecule has 2 N–H and O–H groups in total. The number of phenols is 1. The van der Waals surface area contributed by atoms with Crippen molar-refractivity contribution >= 4 is 17.4 Å². The van der Waals surface area contributed by atoms with Crippen LogP contribution in [-0.2, 0) is 17.6 Å². The van der Waals surface area contributed by atoms with Crippen molar-refractivity contribution in [1.29, 1.82) is 0 Å². The third-order valence-corrected chi connectivity index (χ3v) is 4.65. The van der Waals surface area contributed by atoms with Gasteiger partial charge in [-0.2, -0.15) is 0 Å². The Bertz CT molecular complexity index is 706. The number of rotatable bonds is 10. The third kappa shape index (κ3) is 7.47. The van der Waals surface area contributed by atoms with Gasteiger partial charge < -0.3 is 19.9 Å². The Morgan fingerprint density at radius 2 is 1.85 bits per heavy atom. The van der Waals surface area contributed by atoms with Gasteiger partial charge in [-0.15, -0.1) is 0 Å².